The number of carbonyl (C=O) groups is 2. The maximum absolute atomic E-state index is 14.3. The van der Waals surface area contributed by atoms with Gasteiger partial charge in [-0.25, -0.2) is 14.4 Å². The summed E-state index contributed by atoms with van der Waals surface area (Å²) in [7, 11) is 1.58. The molecule has 0 fully saturated rings. The molecule has 7 nitrogen and oxygen atoms in total. The Morgan fingerprint density at radius 2 is 1.68 bits per heavy atom. The standard InChI is InChI=1S/C23H23FN4O3/c1-23(2,3)22(30)27-15-7-10-18(24)17(11-15)21(29)28-20-12-19(25-13-26-20)14-5-8-16(31-4)9-6-14/h5-13H,1-4H3,(H,27,30)(H,25,26,28,29). The summed E-state index contributed by atoms with van der Waals surface area (Å²) in [6.07, 6.45) is 1.31. The number of anilines is 2. The van der Waals surface area contributed by atoms with E-state index in [4.69, 9.17) is 4.74 Å². The molecule has 0 bridgehead atoms. The molecule has 8 heteroatoms. The lowest BCUT2D eigenvalue weighted by Gasteiger charge is -2.18. The molecule has 2 aromatic carbocycles. The van der Waals surface area contributed by atoms with Crippen molar-refractivity contribution < 1.29 is 18.7 Å². The molecule has 1 aromatic heterocycles. The molecular formula is C23H23FN4O3. The van der Waals surface area contributed by atoms with E-state index in [0.29, 0.717) is 17.1 Å². The number of aromatic nitrogens is 2. The molecule has 160 valence electrons. The predicted molar refractivity (Wildman–Crippen MR) is 116 cm³/mol. The van der Waals surface area contributed by atoms with Gasteiger partial charge in [0.05, 0.1) is 18.4 Å². The second kappa shape index (κ2) is 8.91. The minimum Gasteiger partial charge on any atom is -0.497 e. The zero-order chi connectivity index (χ0) is 22.6. The molecule has 3 aromatic rings. The smallest absolute Gasteiger partial charge is 0.259 e. The molecule has 2 N–H and O–H groups in total. The van der Waals surface area contributed by atoms with Crippen LogP contribution in [0.2, 0.25) is 0 Å². The van der Waals surface area contributed by atoms with E-state index >= 15 is 0 Å². The summed E-state index contributed by atoms with van der Waals surface area (Å²) in [5, 5.41) is 5.26. The van der Waals surface area contributed by atoms with Crippen molar-refractivity contribution in [2.24, 2.45) is 5.41 Å². The molecule has 0 unspecified atom stereocenters. The molecule has 0 saturated heterocycles. The Kier molecular flexibility index (Phi) is 6.29. The van der Waals surface area contributed by atoms with E-state index in [1.807, 2.05) is 12.1 Å². The number of nitrogens with one attached hydrogen (secondary N) is 2. The lowest BCUT2D eigenvalue weighted by molar-refractivity contribution is -0.123. The number of benzene rings is 2. The molecule has 1 heterocycles. The number of methoxy groups -OCH3 is 1. The van der Waals surface area contributed by atoms with Crippen molar-refractivity contribution in [3.63, 3.8) is 0 Å². The zero-order valence-corrected chi connectivity index (χ0v) is 17.7. The van der Waals surface area contributed by atoms with E-state index in [-0.39, 0.29) is 17.3 Å². The highest BCUT2D eigenvalue weighted by molar-refractivity contribution is 6.05. The zero-order valence-electron chi connectivity index (χ0n) is 17.7. The van der Waals surface area contributed by atoms with Crippen molar-refractivity contribution in [3.8, 4) is 17.0 Å². The molecule has 0 aliphatic carbocycles. The first-order chi connectivity index (χ1) is 14.7. The van der Waals surface area contributed by atoms with Crippen LogP contribution in [0.15, 0.2) is 54.9 Å². The van der Waals surface area contributed by atoms with Crippen molar-refractivity contribution in [2.75, 3.05) is 17.7 Å². The van der Waals surface area contributed by atoms with Crippen LogP contribution in [0.1, 0.15) is 31.1 Å². The molecule has 0 spiro atoms. The highest BCUT2D eigenvalue weighted by Gasteiger charge is 2.22. The van der Waals surface area contributed by atoms with Crippen LogP contribution >= 0.6 is 0 Å². The lowest BCUT2D eigenvalue weighted by atomic mass is 9.95. The van der Waals surface area contributed by atoms with E-state index < -0.39 is 17.1 Å². The minimum atomic E-state index is -0.712. The van der Waals surface area contributed by atoms with Crippen molar-refractivity contribution in [2.45, 2.75) is 20.8 Å². The first kappa shape index (κ1) is 21.9. The Morgan fingerprint density at radius 3 is 2.32 bits per heavy atom. The summed E-state index contributed by atoms with van der Waals surface area (Å²) >= 11 is 0. The molecular weight excluding hydrogens is 399 g/mol. The molecule has 0 radical (unpaired) electrons. The highest BCUT2D eigenvalue weighted by Crippen LogP contribution is 2.23. The van der Waals surface area contributed by atoms with Crippen LogP contribution in [0.4, 0.5) is 15.9 Å². The fraction of sp³-hybridized carbons (Fsp3) is 0.217. The molecule has 3 rings (SSSR count). The summed E-state index contributed by atoms with van der Waals surface area (Å²) in [4.78, 5) is 33.1. The molecule has 2 amide bonds. The number of hydrogen-bond acceptors (Lipinski definition) is 5. The second-order valence-corrected chi connectivity index (χ2v) is 7.87. The Labute approximate surface area is 179 Å². The van der Waals surface area contributed by atoms with Crippen LogP contribution < -0.4 is 15.4 Å². The SMILES string of the molecule is COc1ccc(-c2cc(NC(=O)c3cc(NC(=O)C(C)(C)C)ccc3F)ncn2)cc1. The third kappa shape index (κ3) is 5.42. The van der Waals surface area contributed by atoms with E-state index in [1.165, 1.54) is 18.5 Å². The van der Waals surface area contributed by atoms with Crippen molar-refractivity contribution in [1.82, 2.24) is 9.97 Å². The molecule has 31 heavy (non-hydrogen) atoms. The van der Waals surface area contributed by atoms with Gasteiger partial charge in [-0.1, -0.05) is 20.8 Å². The number of halogens is 1. The minimum absolute atomic E-state index is 0.212. The van der Waals surface area contributed by atoms with Crippen LogP contribution in [0.3, 0.4) is 0 Å². The number of hydrogen-bond donors (Lipinski definition) is 2. The summed E-state index contributed by atoms with van der Waals surface area (Å²) in [5.74, 6) is -0.723. The monoisotopic (exact) mass is 422 g/mol. The van der Waals surface area contributed by atoms with Gasteiger partial charge in [0.2, 0.25) is 5.91 Å². The Bertz CT molecular complexity index is 1110. The van der Waals surface area contributed by atoms with Gasteiger partial charge < -0.3 is 15.4 Å². The van der Waals surface area contributed by atoms with Crippen LogP contribution in [-0.2, 0) is 4.79 Å². The van der Waals surface area contributed by atoms with Gasteiger partial charge in [0, 0.05) is 22.7 Å². The first-order valence-corrected chi connectivity index (χ1v) is 9.56. The number of ether oxygens (including phenoxy) is 1. The Hall–Kier alpha value is -3.81. The number of carbonyl (C=O) groups excluding carboxylic acids is 2. The van der Waals surface area contributed by atoms with Crippen molar-refractivity contribution >= 4 is 23.3 Å². The first-order valence-electron chi connectivity index (χ1n) is 9.56. The van der Waals surface area contributed by atoms with Crippen LogP contribution in [-0.4, -0.2) is 28.9 Å². The van der Waals surface area contributed by atoms with Gasteiger partial charge in [-0.15, -0.1) is 0 Å². The predicted octanol–water partition coefficient (Wildman–Crippen LogP) is 4.53. The third-order valence-corrected chi connectivity index (χ3v) is 4.44. The van der Waals surface area contributed by atoms with Gasteiger partial charge in [0.25, 0.3) is 5.91 Å². The molecule has 0 aliphatic heterocycles. The summed E-state index contributed by atoms with van der Waals surface area (Å²) in [6, 6.07) is 12.7. The van der Waals surface area contributed by atoms with Gasteiger partial charge in [0.1, 0.15) is 23.7 Å². The van der Waals surface area contributed by atoms with E-state index in [1.54, 1.807) is 46.1 Å². The molecule has 0 saturated carbocycles. The maximum Gasteiger partial charge on any atom is 0.259 e. The maximum atomic E-state index is 14.3. The van der Waals surface area contributed by atoms with E-state index in [2.05, 4.69) is 20.6 Å². The van der Waals surface area contributed by atoms with Gasteiger partial charge in [-0.3, -0.25) is 9.59 Å². The van der Waals surface area contributed by atoms with E-state index in [9.17, 15) is 14.0 Å². The van der Waals surface area contributed by atoms with Gasteiger partial charge in [-0.2, -0.15) is 0 Å². The van der Waals surface area contributed by atoms with Gasteiger partial charge >= 0.3 is 0 Å². The fourth-order valence-corrected chi connectivity index (χ4v) is 2.62. The summed E-state index contributed by atoms with van der Waals surface area (Å²) in [6.45, 7) is 5.28. The van der Waals surface area contributed by atoms with Crippen LogP contribution in [0.25, 0.3) is 11.3 Å². The normalized spacial score (nSPS) is 11.0. The number of rotatable bonds is 5. The largest absolute Gasteiger partial charge is 0.497 e. The van der Waals surface area contributed by atoms with E-state index in [0.717, 1.165) is 11.6 Å². The molecule has 0 aliphatic rings. The summed E-state index contributed by atoms with van der Waals surface area (Å²) < 4.78 is 19.4. The number of amides is 2. The number of nitrogens with zero attached hydrogens (tertiary/aromatic N) is 2. The summed E-state index contributed by atoms with van der Waals surface area (Å²) in [5.41, 5.74) is 0.871. The molecule has 0 atom stereocenters. The van der Waals surface area contributed by atoms with Crippen molar-refractivity contribution in [1.29, 1.82) is 0 Å². The van der Waals surface area contributed by atoms with Gasteiger partial charge in [-0.05, 0) is 42.5 Å². The fourth-order valence-electron chi connectivity index (χ4n) is 2.62. The third-order valence-electron chi connectivity index (χ3n) is 4.44. The quantitative estimate of drug-likeness (QED) is 0.630. The average molecular weight is 422 g/mol. The highest BCUT2D eigenvalue weighted by atomic mass is 19.1. The van der Waals surface area contributed by atoms with Gasteiger partial charge in [0.15, 0.2) is 0 Å². The topological polar surface area (TPSA) is 93.2 Å². The average Bonchev–Trinajstić information content (AvgIpc) is 2.74. The van der Waals surface area contributed by atoms with Crippen LogP contribution in [0, 0.1) is 11.2 Å². The second-order valence-electron chi connectivity index (χ2n) is 7.87. The Morgan fingerprint density at radius 1 is 0.968 bits per heavy atom. The van der Waals surface area contributed by atoms with Crippen molar-refractivity contribution in [3.05, 3.63) is 66.2 Å². The lowest BCUT2D eigenvalue weighted by Crippen LogP contribution is -2.27. The van der Waals surface area contributed by atoms with Crippen LogP contribution in [0.5, 0.6) is 5.75 Å². The Balaban J connectivity index is 1.80.